The third kappa shape index (κ3) is 3.39. The Kier molecular flexibility index (Phi) is 4.26. The first-order valence-corrected chi connectivity index (χ1v) is 4.89. The van der Waals surface area contributed by atoms with Crippen molar-refractivity contribution in [2.45, 2.75) is 19.7 Å². The van der Waals surface area contributed by atoms with Crippen molar-refractivity contribution >= 4 is 11.5 Å². The molecule has 0 unspecified atom stereocenters. The van der Waals surface area contributed by atoms with E-state index < -0.39 is 46.1 Å². The van der Waals surface area contributed by atoms with Crippen molar-refractivity contribution in [3.8, 4) is 5.75 Å². The number of Topliss-reactive ketones (excluding diaryl/α,β-unsaturated/α-hetero) is 1. The highest BCUT2D eigenvalue weighted by atomic mass is 19.4. The van der Waals surface area contributed by atoms with E-state index >= 15 is 0 Å². The first-order valence-electron chi connectivity index (χ1n) is 4.89. The highest BCUT2D eigenvalue weighted by Gasteiger charge is 2.36. The number of ether oxygens (including phenoxy) is 1. The second kappa shape index (κ2) is 5.39. The standard InChI is InChI=1S/C10H6F5NO4/c1-4(17)8-6(16(18)19)2-5(10(13,14)15)3-7(8)20-9(11)12/h2-3,9H,1H3. The Morgan fingerprint density at radius 2 is 1.90 bits per heavy atom. The molecule has 0 aromatic heterocycles. The van der Waals surface area contributed by atoms with E-state index in [-0.39, 0.29) is 12.1 Å². The minimum absolute atomic E-state index is 0.0923. The van der Waals surface area contributed by atoms with Crippen LogP contribution >= 0.6 is 0 Å². The summed E-state index contributed by atoms with van der Waals surface area (Å²) in [6.45, 7) is -2.75. The number of ketones is 1. The SMILES string of the molecule is CC(=O)c1c(OC(F)F)cc(C(F)(F)F)cc1[N+](=O)[O-]. The van der Waals surface area contributed by atoms with Gasteiger partial charge in [0.15, 0.2) is 5.78 Å². The Morgan fingerprint density at radius 3 is 2.25 bits per heavy atom. The number of alkyl halides is 5. The van der Waals surface area contributed by atoms with Gasteiger partial charge >= 0.3 is 12.8 Å². The van der Waals surface area contributed by atoms with Gasteiger partial charge in [-0.3, -0.25) is 14.9 Å². The molecule has 1 rings (SSSR count). The summed E-state index contributed by atoms with van der Waals surface area (Å²) >= 11 is 0. The quantitative estimate of drug-likeness (QED) is 0.370. The third-order valence-electron chi connectivity index (χ3n) is 2.17. The maximum atomic E-state index is 12.5. The van der Waals surface area contributed by atoms with E-state index in [1.807, 2.05) is 0 Å². The fraction of sp³-hybridized carbons (Fsp3) is 0.300. The lowest BCUT2D eigenvalue weighted by atomic mass is 10.0. The number of halogens is 5. The van der Waals surface area contributed by atoms with Gasteiger partial charge in [-0.15, -0.1) is 0 Å². The van der Waals surface area contributed by atoms with Crippen LogP contribution in [0, 0.1) is 10.1 Å². The maximum Gasteiger partial charge on any atom is 0.416 e. The molecule has 110 valence electrons. The van der Waals surface area contributed by atoms with Gasteiger partial charge in [-0.05, 0) is 13.0 Å². The van der Waals surface area contributed by atoms with Gasteiger partial charge in [-0.25, -0.2) is 0 Å². The van der Waals surface area contributed by atoms with Crippen LogP contribution in [0.3, 0.4) is 0 Å². The van der Waals surface area contributed by atoms with Gasteiger partial charge in [0.1, 0.15) is 11.3 Å². The highest BCUT2D eigenvalue weighted by Crippen LogP contribution is 2.38. The van der Waals surface area contributed by atoms with Crippen LogP contribution in [0.25, 0.3) is 0 Å². The molecule has 20 heavy (non-hydrogen) atoms. The molecule has 1 aromatic carbocycles. The summed E-state index contributed by atoms with van der Waals surface area (Å²) in [6.07, 6.45) is -5.01. The molecule has 0 saturated heterocycles. The van der Waals surface area contributed by atoms with Crippen LogP contribution in [0.2, 0.25) is 0 Å². The largest absolute Gasteiger partial charge is 0.434 e. The van der Waals surface area contributed by atoms with E-state index in [1.54, 1.807) is 0 Å². The lowest BCUT2D eigenvalue weighted by molar-refractivity contribution is -0.385. The molecule has 0 aliphatic rings. The number of hydrogen-bond donors (Lipinski definition) is 0. The number of hydrogen-bond acceptors (Lipinski definition) is 4. The molecule has 0 radical (unpaired) electrons. The first kappa shape index (κ1) is 15.8. The monoisotopic (exact) mass is 299 g/mol. The second-order valence-electron chi connectivity index (χ2n) is 3.56. The molecular weight excluding hydrogens is 293 g/mol. The van der Waals surface area contributed by atoms with Crippen molar-refractivity contribution in [2.75, 3.05) is 0 Å². The van der Waals surface area contributed by atoms with Gasteiger partial charge in [-0.1, -0.05) is 0 Å². The number of benzene rings is 1. The van der Waals surface area contributed by atoms with E-state index in [2.05, 4.69) is 4.74 Å². The molecule has 0 aliphatic heterocycles. The topological polar surface area (TPSA) is 69.4 Å². The van der Waals surface area contributed by atoms with Crippen molar-refractivity contribution in [3.05, 3.63) is 33.4 Å². The van der Waals surface area contributed by atoms with Crippen molar-refractivity contribution in [3.63, 3.8) is 0 Å². The van der Waals surface area contributed by atoms with Crippen LogP contribution in [-0.2, 0) is 6.18 Å². The number of carbonyl (C=O) groups excluding carboxylic acids is 1. The average Bonchev–Trinajstić information content (AvgIpc) is 2.25. The van der Waals surface area contributed by atoms with Crippen LogP contribution in [0.4, 0.5) is 27.6 Å². The summed E-state index contributed by atoms with van der Waals surface area (Å²) in [5.41, 5.74) is -3.75. The molecule has 0 aliphatic carbocycles. The predicted octanol–water partition coefficient (Wildman–Crippen LogP) is 3.42. The summed E-state index contributed by atoms with van der Waals surface area (Å²) in [5, 5.41) is 10.7. The number of carbonyl (C=O) groups is 1. The molecule has 0 atom stereocenters. The number of rotatable bonds is 4. The van der Waals surface area contributed by atoms with Gasteiger partial charge in [0.05, 0.1) is 10.5 Å². The van der Waals surface area contributed by atoms with E-state index in [4.69, 9.17) is 0 Å². The molecule has 5 nitrogen and oxygen atoms in total. The van der Waals surface area contributed by atoms with E-state index in [1.165, 1.54) is 0 Å². The molecule has 0 bridgehead atoms. The third-order valence-corrected chi connectivity index (χ3v) is 2.17. The number of nitro groups is 1. The highest BCUT2D eigenvalue weighted by molar-refractivity contribution is 6.01. The molecule has 0 saturated carbocycles. The van der Waals surface area contributed by atoms with E-state index in [9.17, 15) is 36.9 Å². The van der Waals surface area contributed by atoms with Gasteiger partial charge in [0.25, 0.3) is 5.69 Å². The molecular formula is C10H6F5NO4. The fourth-order valence-corrected chi connectivity index (χ4v) is 1.45. The lowest BCUT2D eigenvalue weighted by Crippen LogP contribution is -2.13. The van der Waals surface area contributed by atoms with Gasteiger partial charge < -0.3 is 4.74 Å². The molecule has 1 aromatic rings. The summed E-state index contributed by atoms with van der Waals surface area (Å²) < 4.78 is 65.6. The summed E-state index contributed by atoms with van der Waals surface area (Å²) in [7, 11) is 0. The zero-order valence-electron chi connectivity index (χ0n) is 9.70. The van der Waals surface area contributed by atoms with Gasteiger partial charge in [-0.2, -0.15) is 22.0 Å². The second-order valence-corrected chi connectivity index (χ2v) is 3.56. The van der Waals surface area contributed by atoms with Gasteiger partial charge in [0.2, 0.25) is 0 Å². The Labute approximate surface area is 108 Å². The minimum Gasteiger partial charge on any atom is -0.434 e. The first-order chi connectivity index (χ1) is 9.04. The molecule has 0 spiro atoms. The van der Waals surface area contributed by atoms with Crippen LogP contribution in [-0.4, -0.2) is 17.3 Å². The van der Waals surface area contributed by atoms with Crippen molar-refractivity contribution in [2.24, 2.45) is 0 Å². The van der Waals surface area contributed by atoms with E-state index in [0.29, 0.717) is 0 Å². The zero-order valence-corrected chi connectivity index (χ0v) is 9.70. The minimum atomic E-state index is -5.01. The maximum absolute atomic E-state index is 12.5. The van der Waals surface area contributed by atoms with Crippen LogP contribution in [0.15, 0.2) is 12.1 Å². The van der Waals surface area contributed by atoms with Crippen LogP contribution in [0.5, 0.6) is 5.75 Å². The predicted molar refractivity (Wildman–Crippen MR) is 54.7 cm³/mol. The molecule has 0 N–H and O–H groups in total. The Bertz CT molecular complexity index is 555. The smallest absolute Gasteiger partial charge is 0.416 e. The normalized spacial score (nSPS) is 11.6. The lowest BCUT2D eigenvalue weighted by Gasteiger charge is -2.13. The average molecular weight is 299 g/mol. The fourth-order valence-electron chi connectivity index (χ4n) is 1.45. The Balaban J connectivity index is 3.63. The summed E-state index contributed by atoms with van der Waals surface area (Å²) in [5.74, 6) is -2.25. The Hall–Kier alpha value is -2.26. The molecule has 10 heteroatoms. The van der Waals surface area contributed by atoms with Crippen molar-refractivity contribution in [1.82, 2.24) is 0 Å². The van der Waals surface area contributed by atoms with E-state index in [0.717, 1.165) is 6.92 Å². The summed E-state index contributed by atoms with van der Waals surface area (Å²) in [6, 6.07) is 0.213. The van der Waals surface area contributed by atoms with Crippen molar-refractivity contribution < 1.29 is 36.4 Å². The molecule has 0 amide bonds. The van der Waals surface area contributed by atoms with Gasteiger partial charge in [0, 0.05) is 6.07 Å². The molecule has 0 heterocycles. The van der Waals surface area contributed by atoms with Crippen LogP contribution in [0.1, 0.15) is 22.8 Å². The summed E-state index contributed by atoms with van der Waals surface area (Å²) in [4.78, 5) is 20.6. The number of nitrogens with zero attached hydrogens (tertiary/aromatic N) is 1. The zero-order chi connectivity index (χ0) is 15.7. The number of nitro benzene ring substituents is 1. The molecule has 0 fully saturated rings. The Morgan fingerprint density at radius 1 is 1.35 bits per heavy atom. The van der Waals surface area contributed by atoms with Crippen LogP contribution < -0.4 is 4.74 Å². The van der Waals surface area contributed by atoms with Crippen molar-refractivity contribution in [1.29, 1.82) is 0 Å².